The molecule has 1 fully saturated rings. The van der Waals surface area contributed by atoms with Crippen molar-refractivity contribution in [3.8, 4) is 0 Å². The first-order valence-electron chi connectivity index (χ1n) is 6.25. The first kappa shape index (κ1) is 13.4. The highest BCUT2D eigenvalue weighted by molar-refractivity contribution is 6.33. The number of nitrogens with zero attached hydrogens (tertiary/aromatic N) is 3. The molecular formula is C12H19ClN4O. The molecule has 1 saturated carbocycles. The highest BCUT2D eigenvalue weighted by Crippen LogP contribution is 2.30. The fourth-order valence-electron chi connectivity index (χ4n) is 1.87. The summed E-state index contributed by atoms with van der Waals surface area (Å²) in [4.78, 5) is 14.2. The van der Waals surface area contributed by atoms with Crippen LogP contribution in [0.2, 0.25) is 5.02 Å². The fraction of sp³-hybridized carbons (Fsp3) is 0.667. The molecule has 18 heavy (non-hydrogen) atoms. The fourth-order valence-corrected chi connectivity index (χ4v) is 2.14. The van der Waals surface area contributed by atoms with Crippen molar-refractivity contribution < 1.29 is 0 Å². The molecule has 0 radical (unpaired) electrons. The zero-order chi connectivity index (χ0) is 13.1. The second kappa shape index (κ2) is 5.71. The van der Waals surface area contributed by atoms with Gasteiger partial charge < -0.3 is 10.2 Å². The molecule has 0 aromatic carbocycles. The van der Waals surface area contributed by atoms with Gasteiger partial charge in [-0.25, -0.2) is 4.68 Å². The molecule has 0 amide bonds. The maximum atomic E-state index is 12.3. The van der Waals surface area contributed by atoms with Crippen LogP contribution in [0, 0.1) is 5.92 Å². The minimum absolute atomic E-state index is 0.0898. The smallest absolute Gasteiger partial charge is 0.291 e. The lowest BCUT2D eigenvalue weighted by Crippen LogP contribution is -2.35. The van der Waals surface area contributed by atoms with Crippen LogP contribution in [0.5, 0.6) is 0 Å². The van der Waals surface area contributed by atoms with Crippen LogP contribution < -0.4 is 15.8 Å². The summed E-state index contributed by atoms with van der Waals surface area (Å²) in [5.41, 5.74) is 0.454. The lowest BCUT2D eigenvalue weighted by molar-refractivity contribution is 0.532. The number of hydrogen-bond acceptors (Lipinski definition) is 4. The minimum Gasteiger partial charge on any atom is -0.368 e. The zero-order valence-corrected chi connectivity index (χ0v) is 11.6. The van der Waals surface area contributed by atoms with Crippen LogP contribution in [0.15, 0.2) is 11.0 Å². The molecule has 0 bridgehead atoms. The van der Waals surface area contributed by atoms with Crippen LogP contribution >= 0.6 is 11.6 Å². The molecular weight excluding hydrogens is 252 g/mol. The van der Waals surface area contributed by atoms with Crippen LogP contribution in [-0.2, 0) is 6.54 Å². The monoisotopic (exact) mass is 270 g/mol. The van der Waals surface area contributed by atoms with Crippen molar-refractivity contribution in [3.05, 3.63) is 21.6 Å². The Bertz CT molecular complexity index is 470. The topological polar surface area (TPSA) is 50.2 Å². The average Bonchev–Trinajstić information content (AvgIpc) is 3.14. The van der Waals surface area contributed by atoms with E-state index < -0.39 is 0 Å². The Morgan fingerprint density at radius 2 is 2.33 bits per heavy atom. The van der Waals surface area contributed by atoms with Crippen LogP contribution in [0.25, 0.3) is 0 Å². The third kappa shape index (κ3) is 3.03. The predicted molar refractivity (Wildman–Crippen MR) is 73.4 cm³/mol. The zero-order valence-electron chi connectivity index (χ0n) is 10.8. The average molecular weight is 271 g/mol. The quantitative estimate of drug-likeness (QED) is 0.837. The van der Waals surface area contributed by atoms with E-state index in [0.29, 0.717) is 23.2 Å². The SMILES string of the molecule is CNCCN(C)c1c(Cl)cnn(CC2CC2)c1=O. The van der Waals surface area contributed by atoms with Crippen LogP contribution in [0.1, 0.15) is 12.8 Å². The molecule has 1 N–H and O–H groups in total. The summed E-state index contributed by atoms with van der Waals surface area (Å²) in [6.45, 7) is 2.25. The molecule has 1 aliphatic carbocycles. The first-order chi connectivity index (χ1) is 8.63. The summed E-state index contributed by atoms with van der Waals surface area (Å²) in [7, 11) is 3.76. The van der Waals surface area contributed by atoms with E-state index in [1.807, 2.05) is 19.0 Å². The van der Waals surface area contributed by atoms with Crippen LogP contribution in [0.3, 0.4) is 0 Å². The van der Waals surface area contributed by atoms with Crippen molar-refractivity contribution in [1.82, 2.24) is 15.1 Å². The maximum absolute atomic E-state index is 12.3. The Kier molecular flexibility index (Phi) is 4.24. The van der Waals surface area contributed by atoms with Crippen molar-refractivity contribution in [3.63, 3.8) is 0 Å². The number of nitrogens with one attached hydrogen (secondary N) is 1. The molecule has 5 nitrogen and oxygen atoms in total. The van der Waals surface area contributed by atoms with Gasteiger partial charge in [-0.3, -0.25) is 4.79 Å². The second-order valence-electron chi connectivity index (χ2n) is 4.80. The number of halogens is 1. The number of rotatable bonds is 6. The van der Waals surface area contributed by atoms with Gasteiger partial charge in [-0.2, -0.15) is 5.10 Å². The van der Waals surface area contributed by atoms with Crippen molar-refractivity contribution >= 4 is 17.3 Å². The molecule has 0 spiro atoms. The summed E-state index contributed by atoms with van der Waals surface area (Å²) in [6.07, 6.45) is 3.96. The van der Waals surface area contributed by atoms with E-state index in [9.17, 15) is 4.79 Å². The van der Waals surface area contributed by atoms with Crippen molar-refractivity contribution in [2.45, 2.75) is 19.4 Å². The first-order valence-corrected chi connectivity index (χ1v) is 6.62. The summed E-state index contributed by atoms with van der Waals surface area (Å²) >= 11 is 6.09. The summed E-state index contributed by atoms with van der Waals surface area (Å²) in [6, 6.07) is 0. The maximum Gasteiger partial charge on any atom is 0.291 e. The Hall–Kier alpha value is -1.07. The third-order valence-corrected chi connectivity index (χ3v) is 3.46. The molecule has 2 rings (SSSR count). The summed E-state index contributed by atoms with van der Waals surface area (Å²) in [5, 5.41) is 7.59. The minimum atomic E-state index is -0.0898. The Balaban J connectivity index is 2.23. The van der Waals surface area contributed by atoms with Gasteiger partial charge in [-0.05, 0) is 25.8 Å². The van der Waals surface area contributed by atoms with Gasteiger partial charge in [-0.15, -0.1) is 0 Å². The van der Waals surface area contributed by atoms with Crippen molar-refractivity contribution in [2.75, 3.05) is 32.1 Å². The van der Waals surface area contributed by atoms with Gasteiger partial charge in [0.25, 0.3) is 5.56 Å². The second-order valence-corrected chi connectivity index (χ2v) is 5.20. The lowest BCUT2D eigenvalue weighted by atomic mass is 10.3. The van der Waals surface area contributed by atoms with Crippen molar-refractivity contribution in [1.29, 1.82) is 0 Å². The number of hydrogen-bond donors (Lipinski definition) is 1. The Labute approximate surface area is 112 Å². The lowest BCUT2D eigenvalue weighted by Gasteiger charge is -2.20. The highest BCUT2D eigenvalue weighted by atomic mass is 35.5. The molecule has 1 heterocycles. The van der Waals surface area contributed by atoms with Gasteiger partial charge in [0.1, 0.15) is 5.69 Å². The van der Waals surface area contributed by atoms with Crippen molar-refractivity contribution in [2.24, 2.45) is 5.92 Å². The van der Waals surface area contributed by atoms with Gasteiger partial charge in [0.2, 0.25) is 0 Å². The number of aromatic nitrogens is 2. The highest BCUT2D eigenvalue weighted by Gasteiger charge is 2.24. The summed E-state index contributed by atoms with van der Waals surface area (Å²) in [5.74, 6) is 0.617. The molecule has 1 aliphatic rings. The van der Waals surface area contributed by atoms with Crippen LogP contribution in [-0.4, -0.2) is 37.0 Å². The van der Waals surface area contributed by atoms with Gasteiger partial charge >= 0.3 is 0 Å². The van der Waals surface area contributed by atoms with Gasteiger partial charge in [-0.1, -0.05) is 11.6 Å². The molecule has 100 valence electrons. The molecule has 6 heteroatoms. The van der Waals surface area contributed by atoms with E-state index in [-0.39, 0.29) is 5.56 Å². The molecule has 0 unspecified atom stereocenters. The number of likely N-dealkylation sites (N-methyl/N-ethyl adjacent to an activating group) is 2. The molecule has 1 aromatic rings. The Morgan fingerprint density at radius 1 is 1.61 bits per heavy atom. The molecule has 1 aromatic heterocycles. The normalized spacial score (nSPS) is 14.8. The standard InChI is InChI=1S/C12H19ClN4O/c1-14-5-6-16(2)11-10(13)7-15-17(12(11)18)8-9-3-4-9/h7,9,14H,3-6,8H2,1-2H3. The van der Waals surface area contributed by atoms with Gasteiger partial charge in [0.15, 0.2) is 0 Å². The largest absolute Gasteiger partial charge is 0.368 e. The molecule has 0 atom stereocenters. The van der Waals surface area contributed by atoms with Gasteiger partial charge in [0, 0.05) is 26.7 Å². The molecule has 0 aliphatic heterocycles. The Morgan fingerprint density at radius 3 is 2.94 bits per heavy atom. The summed E-state index contributed by atoms with van der Waals surface area (Å²) < 4.78 is 1.54. The van der Waals surface area contributed by atoms with E-state index in [1.165, 1.54) is 17.5 Å². The third-order valence-electron chi connectivity index (χ3n) is 3.18. The van der Waals surface area contributed by atoms with E-state index >= 15 is 0 Å². The number of anilines is 1. The van der Waals surface area contributed by atoms with Crippen LogP contribution in [0.4, 0.5) is 5.69 Å². The van der Waals surface area contributed by atoms with E-state index in [1.54, 1.807) is 6.20 Å². The molecule has 0 saturated heterocycles. The predicted octanol–water partition coefficient (Wildman–Crippen LogP) is 0.962. The van der Waals surface area contributed by atoms with E-state index in [0.717, 1.165) is 13.1 Å². The van der Waals surface area contributed by atoms with E-state index in [4.69, 9.17) is 11.6 Å². The van der Waals surface area contributed by atoms with Gasteiger partial charge in [0.05, 0.1) is 11.2 Å². The van der Waals surface area contributed by atoms with E-state index in [2.05, 4.69) is 10.4 Å².